The summed E-state index contributed by atoms with van der Waals surface area (Å²) in [4.78, 5) is 71.1. The normalized spacial score (nSPS) is 16.6. The molecular formula is C59H82O17Si2. The van der Waals surface area contributed by atoms with Crippen molar-refractivity contribution in [2.75, 3.05) is 67.1 Å². The molecule has 0 aromatic heterocycles. The molecule has 78 heavy (non-hydrogen) atoms. The quantitative estimate of drug-likeness (QED) is 0.0398. The number of hydrogen-bond donors (Lipinski definition) is 1. The Kier molecular flexibility index (Phi) is 25.8. The fourth-order valence-electron chi connectivity index (χ4n) is 8.45. The molecule has 5 atom stereocenters. The van der Waals surface area contributed by atoms with Gasteiger partial charge in [-0.3, -0.25) is 14.4 Å². The van der Waals surface area contributed by atoms with Crippen LogP contribution in [0.15, 0.2) is 121 Å². The van der Waals surface area contributed by atoms with E-state index in [1.807, 2.05) is 72.8 Å². The van der Waals surface area contributed by atoms with Gasteiger partial charge in [-0.1, -0.05) is 163 Å². The first-order chi connectivity index (χ1) is 36.7. The molecule has 1 aliphatic rings. The van der Waals surface area contributed by atoms with Crippen LogP contribution >= 0.6 is 0 Å². The molecule has 1 heterocycles. The third kappa shape index (κ3) is 17.7. The summed E-state index contributed by atoms with van der Waals surface area (Å²) in [6.07, 6.45) is -2.61. The Bertz CT molecular complexity index is 2400. The topological polar surface area (TPSA) is 215 Å². The fraction of sp³-hybridized carbons (Fsp3) is 0.492. The lowest BCUT2D eigenvalue weighted by atomic mass is 9.93. The second-order valence-electron chi connectivity index (χ2n) is 21.5. The average Bonchev–Trinajstić information content (AvgIpc) is 3.55. The summed E-state index contributed by atoms with van der Waals surface area (Å²) in [5.74, 6) is -3.40. The summed E-state index contributed by atoms with van der Waals surface area (Å²) in [6, 6.07) is 40.5. The predicted molar refractivity (Wildman–Crippen MR) is 299 cm³/mol. The van der Waals surface area contributed by atoms with Crippen LogP contribution in [0.1, 0.15) is 83.1 Å². The van der Waals surface area contributed by atoms with Crippen LogP contribution in [0.25, 0.3) is 0 Å². The van der Waals surface area contributed by atoms with Crippen molar-refractivity contribution in [2.45, 2.75) is 111 Å². The molecule has 17 nitrogen and oxygen atoms in total. The highest BCUT2D eigenvalue weighted by atomic mass is 28.4. The van der Waals surface area contributed by atoms with E-state index in [2.05, 4.69) is 99.5 Å². The van der Waals surface area contributed by atoms with Gasteiger partial charge in [0.05, 0.1) is 33.0 Å². The molecule has 0 amide bonds. The fourth-order valence-corrected chi connectivity index (χ4v) is 17.8. The lowest BCUT2D eigenvalue weighted by molar-refractivity contribution is -0.191. The minimum absolute atomic E-state index is 0.0436. The molecule has 1 N–H and O–H groups in total. The van der Waals surface area contributed by atoms with Crippen LogP contribution in [0.4, 0.5) is 0 Å². The van der Waals surface area contributed by atoms with Crippen molar-refractivity contribution < 1.29 is 80.6 Å². The van der Waals surface area contributed by atoms with Gasteiger partial charge in [-0.2, -0.15) is 0 Å². The number of hydrogen-bond acceptors (Lipinski definition) is 17. The molecule has 0 aliphatic carbocycles. The van der Waals surface area contributed by atoms with Crippen molar-refractivity contribution in [3.05, 3.63) is 121 Å². The van der Waals surface area contributed by atoms with Crippen molar-refractivity contribution in [1.29, 1.82) is 0 Å². The SMILES string of the molecule is CC1OC(=O)C(C)OC1=O.COCCOC(=O)C(C)(CO)CO[Si](c1ccccc1)(c1ccccc1)C(C)(C)C.COCCOC(=O)C(C)(COC(=O)C(C)OC(C)=O)CO[Si](c1ccccc1)(c1ccccc1)C(C)(C)C. The number of cyclic esters (lactones) is 2. The first kappa shape index (κ1) is 66.2. The molecule has 5 unspecified atom stereocenters. The zero-order chi connectivity index (χ0) is 58.4. The molecule has 19 heteroatoms. The Hall–Kier alpha value is -6.07. The molecule has 1 fully saturated rings. The number of aliphatic hydroxyl groups is 1. The maximum absolute atomic E-state index is 13.3. The van der Waals surface area contributed by atoms with E-state index in [1.54, 1.807) is 21.0 Å². The van der Waals surface area contributed by atoms with Crippen LogP contribution in [0, 0.1) is 10.8 Å². The second kappa shape index (κ2) is 30.3. The summed E-state index contributed by atoms with van der Waals surface area (Å²) in [6.45, 7) is 21.8. The van der Waals surface area contributed by atoms with E-state index in [9.17, 15) is 33.9 Å². The van der Waals surface area contributed by atoms with E-state index in [-0.39, 0.29) is 56.3 Å². The summed E-state index contributed by atoms with van der Waals surface area (Å²) in [5.41, 5.74) is -2.51. The van der Waals surface area contributed by atoms with Gasteiger partial charge in [0.25, 0.3) is 16.6 Å². The lowest BCUT2D eigenvalue weighted by Gasteiger charge is -2.44. The van der Waals surface area contributed by atoms with Gasteiger partial charge in [0.15, 0.2) is 18.3 Å². The predicted octanol–water partition coefficient (Wildman–Crippen LogP) is 5.87. The van der Waals surface area contributed by atoms with Crippen LogP contribution in [-0.2, 0) is 75.5 Å². The number of ether oxygens (including phenoxy) is 8. The smallest absolute Gasteiger partial charge is 0.347 e. The maximum atomic E-state index is 13.3. The van der Waals surface area contributed by atoms with E-state index in [0.29, 0.717) is 6.61 Å². The molecule has 0 bridgehead atoms. The number of carbonyl (C=O) groups excluding carboxylic acids is 6. The van der Waals surface area contributed by atoms with Crippen LogP contribution in [0.2, 0.25) is 10.1 Å². The molecule has 0 spiro atoms. The van der Waals surface area contributed by atoms with Gasteiger partial charge in [-0.05, 0) is 65.4 Å². The lowest BCUT2D eigenvalue weighted by Crippen LogP contribution is -2.67. The van der Waals surface area contributed by atoms with Crippen molar-refractivity contribution in [1.82, 2.24) is 0 Å². The molecule has 4 aromatic rings. The van der Waals surface area contributed by atoms with Gasteiger partial charge in [-0.15, -0.1) is 0 Å². The monoisotopic (exact) mass is 1120 g/mol. The van der Waals surface area contributed by atoms with E-state index in [1.165, 1.54) is 34.8 Å². The van der Waals surface area contributed by atoms with Gasteiger partial charge in [-0.25, -0.2) is 14.4 Å². The van der Waals surface area contributed by atoms with Crippen molar-refractivity contribution >= 4 is 73.2 Å². The minimum Gasteiger partial charge on any atom is -0.463 e. The summed E-state index contributed by atoms with van der Waals surface area (Å²) in [5, 5.41) is 13.9. The first-order valence-corrected chi connectivity index (χ1v) is 29.7. The third-order valence-corrected chi connectivity index (χ3v) is 22.8. The van der Waals surface area contributed by atoms with Crippen molar-refractivity contribution in [3.8, 4) is 0 Å². The van der Waals surface area contributed by atoms with Gasteiger partial charge in [0.1, 0.15) is 30.7 Å². The van der Waals surface area contributed by atoms with Crippen LogP contribution < -0.4 is 20.7 Å². The second-order valence-corrected chi connectivity index (χ2v) is 30.1. The Morgan fingerprint density at radius 1 is 0.526 bits per heavy atom. The van der Waals surface area contributed by atoms with Gasteiger partial charge < -0.3 is 51.9 Å². The number of aliphatic hydroxyl groups excluding tert-OH is 1. The van der Waals surface area contributed by atoms with E-state index >= 15 is 0 Å². The van der Waals surface area contributed by atoms with Crippen molar-refractivity contribution in [2.24, 2.45) is 10.8 Å². The minimum atomic E-state index is -2.99. The highest BCUT2D eigenvalue weighted by molar-refractivity contribution is 7.00. The maximum Gasteiger partial charge on any atom is 0.347 e. The number of methoxy groups -OCH3 is 2. The van der Waals surface area contributed by atoms with E-state index in [4.69, 9.17) is 37.3 Å². The highest BCUT2D eigenvalue weighted by Gasteiger charge is 2.54. The molecule has 0 radical (unpaired) electrons. The molecule has 4 aromatic carbocycles. The molecule has 1 aliphatic heterocycles. The summed E-state index contributed by atoms with van der Waals surface area (Å²) in [7, 11) is -2.73. The van der Waals surface area contributed by atoms with Crippen molar-refractivity contribution in [3.63, 3.8) is 0 Å². The molecule has 1 saturated heterocycles. The van der Waals surface area contributed by atoms with Crippen LogP contribution in [-0.4, -0.2) is 143 Å². The van der Waals surface area contributed by atoms with Gasteiger partial charge in [0, 0.05) is 21.1 Å². The Labute approximate surface area is 462 Å². The highest BCUT2D eigenvalue weighted by Crippen LogP contribution is 2.39. The van der Waals surface area contributed by atoms with Crippen LogP contribution in [0.3, 0.4) is 0 Å². The summed E-state index contributed by atoms with van der Waals surface area (Å²) >= 11 is 0. The first-order valence-electron chi connectivity index (χ1n) is 25.9. The average molecular weight is 1120 g/mol. The van der Waals surface area contributed by atoms with E-state index < -0.39 is 81.6 Å². The zero-order valence-electron chi connectivity index (χ0n) is 47.9. The summed E-state index contributed by atoms with van der Waals surface area (Å²) < 4.78 is 54.0. The number of benzene rings is 4. The Balaban J connectivity index is 0.000000354. The Morgan fingerprint density at radius 3 is 1.14 bits per heavy atom. The van der Waals surface area contributed by atoms with Gasteiger partial charge >= 0.3 is 35.8 Å². The number of esters is 6. The molecular weight excluding hydrogens is 1040 g/mol. The molecule has 5 rings (SSSR count). The van der Waals surface area contributed by atoms with Gasteiger partial charge in [0.2, 0.25) is 0 Å². The number of rotatable bonds is 23. The zero-order valence-corrected chi connectivity index (χ0v) is 49.9. The third-order valence-electron chi connectivity index (χ3n) is 12.9. The standard InChI is InChI=1S/C29H40O8Si.C24H34O5Si.C6H8O4/c1-22(37-23(2)30)26(31)35-20-29(6,27(32)34-19-18-33-7)21-36-38(28(3,4)5,24-14-10-8-11-15-24)25-16-12-9-13-17-25;1-23(2,3)30(20-12-8-6-9-13-20,21-14-10-7-11-15-21)29-19-24(4,18-25)22(26)28-17-16-27-5;1-3-5(7)10-4(2)6(8)9-3/h8-17,22H,18-21H2,1-7H3;6-15,25H,16-19H2,1-5H3;3-4H,1-2H3. The Morgan fingerprint density at radius 2 is 0.846 bits per heavy atom. The number of carbonyl (C=O) groups is 6. The van der Waals surface area contributed by atoms with E-state index in [0.717, 1.165) is 20.7 Å². The largest absolute Gasteiger partial charge is 0.463 e. The van der Waals surface area contributed by atoms with Crippen LogP contribution in [0.5, 0.6) is 0 Å². The molecule has 0 saturated carbocycles. The molecule has 428 valence electrons.